The molecule has 0 heterocycles. The standard InChI is InChI=1S/C21H23N3O3/c1-11-5-7-15(25)9-17(11)13(3)19(22)20(21(23)27)24-14(4)18-10-16(26)8-6-12(18)2/h5-10,25-26H,3,22H2,1-2,4H3,(H2,23,27)/b20-19+,24-14?. The van der Waals surface area contributed by atoms with E-state index in [1.807, 2.05) is 13.8 Å². The molecule has 0 bridgehead atoms. The predicted octanol–water partition coefficient (Wildman–Crippen LogP) is 2.89. The second-order valence-electron chi connectivity index (χ2n) is 6.30. The molecular formula is C21H23N3O3. The number of amides is 1. The number of allylic oxidation sites excluding steroid dienone is 1. The van der Waals surface area contributed by atoms with E-state index in [1.165, 1.54) is 6.07 Å². The lowest BCUT2D eigenvalue weighted by atomic mass is 9.98. The summed E-state index contributed by atoms with van der Waals surface area (Å²) in [6.07, 6.45) is 0. The summed E-state index contributed by atoms with van der Waals surface area (Å²) in [5, 5.41) is 19.4. The summed E-state index contributed by atoms with van der Waals surface area (Å²) in [6, 6.07) is 9.65. The fraction of sp³-hybridized carbons (Fsp3) is 0.143. The number of primary amides is 1. The first-order valence-corrected chi connectivity index (χ1v) is 8.26. The van der Waals surface area contributed by atoms with Gasteiger partial charge in [0.2, 0.25) is 0 Å². The highest BCUT2D eigenvalue weighted by molar-refractivity contribution is 6.05. The van der Waals surface area contributed by atoms with Crippen molar-refractivity contribution < 1.29 is 15.0 Å². The minimum absolute atomic E-state index is 0.0216. The summed E-state index contributed by atoms with van der Waals surface area (Å²) in [7, 11) is 0. The van der Waals surface area contributed by atoms with E-state index in [9.17, 15) is 15.0 Å². The predicted molar refractivity (Wildman–Crippen MR) is 107 cm³/mol. The van der Waals surface area contributed by atoms with Gasteiger partial charge in [0, 0.05) is 16.8 Å². The summed E-state index contributed by atoms with van der Waals surface area (Å²) < 4.78 is 0. The van der Waals surface area contributed by atoms with Gasteiger partial charge in [0.25, 0.3) is 5.91 Å². The zero-order valence-electron chi connectivity index (χ0n) is 15.6. The Hall–Kier alpha value is -3.54. The van der Waals surface area contributed by atoms with Crippen molar-refractivity contribution in [2.24, 2.45) is 16.5 Å². The van der Waals surface area contributed by atoms with Gasteiger partial charge in [-0.2, -0.15) is 0 Å². The van der Waals surface area contributed by atoms with Crippen LogP contribution in [0.2, 0.25) is 0 Å². The van der Waals surface area contributed by atoms with E-state index in [2.05, 4.69) is 11.6 Å². The van der Waals surface area contributed by atoms with Crippen molar-refractivity contribution in [2.75, 3.05) is 0 Å². The van der Waals surface area contributed by atoms with Crippen LogP contribution in [0.5, 0.6) is 11.5 Å². The number of phenolic OH excluding ortho intramolecular Hbond substituents is 2. The van der Waals surface area contributed by atoms with Crippen molar-refractivity contribution in [2.45, 2.75) is 20.8 Å². The largest absolute Gasteiger partial charge is 0.508 e. The summed E-state index contributed by atoms with van der Waals surface area (Å²) >= 11 is 0. The van der Waals surface area contributed by atoms with Crippen LogP contribution in [-0.4, -0.2) is 21.8 Å². The Bertz CT molecular complexity index is 988. The van der Waals surface area contributed by atoms with Crippen LogP contribution in [-0.2, 0) is 4.79 Å². The number of nitrogens with zero attached hydrogens (tertiary/aromatic N) is 1. The maximum absolute atomic E-state index is 12.0. The average molecular weight is 365 g/mol. The van der Waals surface area contributed by atoms with Crippen LogP contribution < -0.4 is 11.5 Å². The summed E-state index contributed by atoms with van der Waals surface area (Å²) in [6.45, 7) is 9.32. The van der Waals surface area contributed by atoms with Gasteiger partial charge in [0.05, 0.1) is 5.70 Å². The minimum Gasteiger partial charge on any atom is -0.508 e. The number of aliphatic imine (C=N–C) groups is 1. The van der Waals surface area contributed by atoms with Crippen molar-refractivity contribution in [1.29, 1.82) is 0 Å². The zero-order valence-corrected chi connectivity index (χ0v) is 15.6. The molecule has 2 rings (SSSR count). The molecule has 27 heavy (non-hydrogen) atoms. The van der Waals surface area contributed by atoms with Crippen LogP contribution in [0.3, 0.4) is 0 Å². The van der Waals surface area contributed by atoms with Crippen LogP contribution in [0.15, 0.2) is 59.4 Å². The first-order valence-electron chi connectivity index (χ1n) is 8.26. The maximum Gasteiger partial charge on any atom is 0.269 e. The van der Waals surface area contributed by atoms with Crippen LogP contribution in [0, 0.1) is 13.8 Å². The lowest BCUT2D eigenvalue weighted by Crippen LogP contribution is -2.19. The third-order valence-corrected chi connectivity index (χ3v) is 4.25. The molecule has 0 spiro atoms. The first kappa shape index (κ1) is 19.8. The van der Waals surface area contributed by atoms with Crippen LogP contribution in [0.4, 0.5) is 0 Å². The number of aryl methyl sites for hydroxylation is 2. The van der Waals surface area contributed by atoms with E-state index in [-0.39, 0.29) is 22.9 Å². The van der Waals surface area contributed by atoms with Gasteiger partial charge < -0.3 is 21.7 Å². The number of rotatable bonds is 5. The number of hydrogen-bond acceptors (Lipinski definition) is 5. The summed E-state index contributed by atoms with van der Waals surface area (Å²) in [4.78, 5) is 16.3. The van der Waals surface area contributed by atoms with Crippen molar-refractivity contribution in [3.63, 3.8) is 0 Å². The highest BCUT2D eigenvalue weighted by Crippen LogP contribution is 2.27. The average Bonchev–Trinajstić information content (AvgIpc) is 2.62. The molecule has 0 saturated heterocycles. The highest BCUT2D eigenvalue weighted by Gasteiger charge is 2.16. The number of phenols is 2. The molecule has 0 aromatic heterocycles. The van der Waals surface area contributed by atoms with Gasteiger partial charge in [-0.15, -0.1) is 0 Å². The molecule has 6 nitrogen and oxygen atoms in total. The van der Waals surface area contributed by atoms with Crippen LogP contribution >= 0.6 is 0 Å². The molecule has 0 unspecified atom stereocenters. The van der Waals surface area contributed by atoms with Crippen molar-refractivity contribution in [3.8, 4) is 11.5 Å². The Morgan fingerprint density at radius 3 is 1.96 bits per heavy atom. The Morgan fingerprint density at radius 1 is 0.963 bits per heavy atom. The van der Waals surface area contributed by atoms with Gasteiger partial charge in [0.1, 0.15) is 11.5 Å². The van der Waals surface area contributed by atoms with E-state index in [1.54, 1.807) is 37.3 Å². The van der Waals surface area contributed by atoms with E-state index >= 15 is 0 Å². The van der Waals surface area contributed by atoms with E-state index in [0.29, 0.717) is 22.4 Å². The third kappa shape index (κ3) is 4.36. The van der Waals surface area contributed by atoms with Crippen molar-refractivity contribution in [1.82, 2.24) is 0 Å². The Morgan fingerprint density at radius 2 is 1.44 bits per heavy atom. The highest BCUT2D eigenvalue weighted by atomic mass is 16.3. The summed E-state index contributed by atoms with van der Waals surface area (Å²) in [5.74, 6) is -0.661. The molecule has 0 aliphatic rings. The number of carbonyl (C=O) groups excluding carboxylic acids is 1. The smallest absolute Gasteiger partial charge is 0.269 e. The van der Waals surface area contributed by atoms with Crippen LogP contribution in [0.25, 0.3) is 5.57 Å². The molecular weight excluding hydrogens is 342 g/mol. The summed E-state index contributed by atoms with van der Waals surface area (Å²) in [5.41, 5.74) is 15.3. The van der Waals surface area contributed by atoms with Gasteiger partial charge in [-0.25, -0.2) is 4.99 Å². The van der Waals surface area contributed by atoms with Crippen LogP contribution in [0.1, 0.15) is 29.2 Å². The Balaban J connectivity index is 2.58. The third-order valence-electron chi connectivity index (χ3n) is 4.25. The molecule has 2 aromatic rings. The first-order chi connectivity index (χ1) is 12.6. The molecule has 2 aromatic carbocycles. The second-order valence-corrected chi connectivity index (χ2v) is 6.30. The van der Waals surface area contributed by atoms with Gasteiger partial charge in [0.15, 0.2) is 5.70 Å². The molecule has 6 heteroatoms. The molecule has 1 amide bonds. The maximum atomic E-state index is 12.0. The fourth-order valence-electron chi connectivity index (χ4n) is 2.70. The van der Waals surface area contributed by atoms with Crippen molar-refractivity contribution in [3.05, 3.63) is 76.6 Å². The minimum atomic E-state index is -0.802. The number of aromatic hydroxyl groups is 2. The number of carbonyl (C=O) groups is 1. The SMILES string of the molecule is C=C(/C(N)=C(\N=C(C)c1cc(O)ccc1C)C(N)=O)c1cc(O)ccc1C. The molecule has 0 atom stereocenters. The van der Waals surface area contributed by atoms with Gasteiger partial charge >= 0.3 is 0 Å². The monoisotopic (exact) mass is 365 g/mol. The van der Waals surface area contributed by atoms with Gasteiger partial charge in [-0.05, 0) is 61.7 Å². The molecule has 0 aliphatic heterocycles. The van der Waals surface area contributed by atoms with Crippen molar-refractivity contribution >= 4 is 17.2 Å². The van der Waals surface area contributed by atoms with E-state index in [4.69, 9.17) is 11.5 Å². The lowest BCUT2D eigenvalue weighted by molar-refractivity contribution is -0.114. The molecule has 0 radical (unpaired) electrons. The zero-order chi connectivity index (χ0) is 20.3. The van der Waals surface area contributed by atoms with E-state index in [0.717, 1.165) is 11.1 Å². The van der Waals surface area contributed by atoms with E-state index < -0.39 is 5.91 Å². The van der Waals surface area contributed by atoms with Gasteiger partial charge in [-0.1, -0.05) is 18.7 Å². The quantitative estimate of drug-likeness (QED) is 0.370. The molecule has 0 fully saturated rings. The number of benzene rings is 2. The number of nitrogens with two attached hydrogens (primary N) is 2. The number of hydrogen-bond donors (Lipinski definition) is 4. The second kappa shape index (κ2) is 7.78. The molecule has 6 N–H and O–H groups in total. The lowest BCUT2D eigenvalue weighted by Gasteiger charge is -2.13. The Kier molecular flexibility index (Phi) is 5.70. The molecule has 0 aliphatic carbocycles. The molecule has 0 saturated carbocycles. The topological polar surface area (TPSA) is 122 Å². The fourth-order valence-corrected chi connectivity index (χ4v) is 2.70. The molecule has 140 valence electrons. The normalized spacial score (nSPS) is 12.5. The Labute approximate surface area is 158 Å². The van der Waals surface area contributed by atoms with Gasteiger partial charge in [-0.3, -0.25) is 4.79 Å².